The molecule has 3 atom stereocenters. The lowest BCUT2D eigenvalue weighted by Gasteiger charge is -2.22. The maximum Gasteiger partial charge on any atom is 0.241 e. The van der Waals surface area contributed by atoms with E-state index in [0.29, 0.717) is 34.4 Å². The van der Waals surface area contributed by atoms with Crippen LogP contribution in [0.5, 0.6) is 11.5 Å². The Bertz CT molecular complexity index is 1350. The number of nitrogens with one attached hydrogen (secondary N) is 2. The molecule has 8 nitrogen and oxygen atoms in total. The third-order valence-corrected chi connectivity index (χ3v) is 7.68. The van der Waals surface area contributed by atoms with Gasteiger partial charge in [0.05, 0.1) is 24.9 Å². The summed E-state index contributed by atoms with van der Waals surface area (Å²) >= 11 is 6.12. The average Bonchev–Trinajstić information content (AvgIpc) is 3.27. The van der Waals surface area contributed by atoms with Gasteiger partial charge in [-0.25, -0.2) is 0 Å². The number of likely N-dealkylation sites (N-methyl/N-ethyl adjacent to an activating group) is 2. The molecule has 1 heterocycles. The van der Waals surface area contributed by atoms with Crippen molar-refractivity contribution in [2.45, 2.75) is 51.3 Å². The Morgan fingerprint density at radius 2 is 1.98 bits per heavy atom. The summed E-state index contributed by atoms with van der Waals surface area (Å²) in [5.74, 6) is 1.57. The number of allylic oxidation sites excluding steroid dienone is 2. The first-order valence-corrected chi connectivity index (χ1v) is 13.9. The van der Waals surface area contributed by atoms with Gasteiger partial charge in [-0.2, -0.15) is 0 Å². The van der Waals surface area contributed by atoms with Crippen LogP contribution < -0.4 is 20.1 Å². The number of hydrogen-bond acceptors (Lipinski definition) is 7. The van der Waals surface area contributed by atoms with Gasteiger partial charge in [-0.15, -0.1) is 11.6 Å². The van der Waals surface area contributed by atoms with Gasteiger partial charge in [0.1, 0.15) is 6.61 Å². The van der Waals surface area contributed by atoms with Crippen molar-refractivity contribution >= 4 is 41.4 Å². The maximum absolute atomic E-state index is 12.4. The van der Waals surface area contributed by atoms with Crippen LogP contribution in [0.3, 0.4) is 0 Å². The van der Waals surface area contributed by atoms with Crippen LogP contribution in [0.2, 0.25) is 0 Å². The number of aliphatic imine (C=N–C) groups is 1. The van der Waals surface area contributed by atoms with Crippen molar-refractivity contribution in [3.8, 4) is 11.5 Å². The van der Waals surface area contributed by atoms with Crippen LogP contribution in [0.1, 0.15) is 48.2 Å². The van der Waals surface area contributed by atoms with Crippen molar-refractivity contribution < 1.29 is 19.1 Å². The Labute approximate surface area is 241 Å². The van der Waals surface area contributed by atoms with Gasteiger partial charge in [0, 0.05) is 42.2 Å². The minimum absolute atomic E-state index is 0.114. The number of hydrogen-bond donors (Lipinski definition) is 2. The summed E-state index contributed by atoms with van der Waals surface area (Å²) in [6.45, 7) is 4.21. The summed E-state index contributed by atoms with van der Waals surface area (Å²) in [6, 6.07) is 8.75. The van der Waals surface area contributed by atoms with Crippen molar-refractivity contribution in [1.82, 2.24) is 10.2 Å². The Morgan fingerprint density at radius 3 is 2.67 bits per heavy atom. The fourth-order valence-corrected chi connectivity index (χ4v) is 5.11. The number of alkyl halides is 1. The molecule has 2 aromatic carbocycles. The Morgan fingerprint density at radius 1 is 1.20 bits per heavy atom. The molecular weight excluding hydrogens is 528 g/mol. The molecule has 0 spiro atoms. The van der Waals surface area contributed by atoms with Crippen molar-refractivity contribution in [2.75, 3.05) is 26.5 Å². The molecule has 9 heteroatoms. The predicted molar refractivity (Wildman–Crippen MR) is 160 cm³/mol. The van der Waals surface area contributed by atoms with Gasteiger partial charge in [-0.3, -0.25) is 14.6 Å². The average molecular weight is 565 g/mol. The molecule has 0 saturated heterocycles. The summed E-state index contributed by atoms with van der Waals surface area (Å²) in [5, 5.41) is 5.84. The summed E-state index contributed by atoms with van der Waals surface area (Å²) < 4.78 is 11.7. The van der Waals surface area contributed by atoms with Gasteiger partial charge in [0.15, 0.2) is 17.8 Å². The molecule has 40 heavy (non-hydrogen) atoms. The molecule has 0 radical (unpaired) electrons. The zero-order chi connectivity index (χ0) is 28.8. The van der Waals surface area contributed by atoms with Crippen molar-refractivity contribution in [2.24, 2.45) is 10.9 Å². The number of methoxy groups -OCH3 is 1. The molecule has 4 rings (SSSR count). The molecule has 1 aliphatic carbocycles. The van der Waals surface area contributed by atoms with Crippen LogP contribution in [0, 0.1) is 5.92 Å². The van der Waals surface area contributed by atoms with Crippen LogP contribution in [0.25, 0.3) is 0 Å². The molecule has 0 saturated carbocycles. The molecule has 0 aromatic heterocycles. The normalized spacial score (nSPS) is 19.1. The Kier molecular flexibility index (Phi) is 9.66. The zero-order valence-corrected chi connectivity index (χ0v) is 24.4. The van der Waals surface area contributed by atoms with Crippen molar-refractivity contribution in [3.05, 3.63) is 70.4 Å². The number of amides is 1. The van der Waals surface area contributed by atoms with E-state index in [1.807, 2.05) is 24.4 Å². The second-order valence-corrected chi connectivity index (χ2v) is 10.6. The van der Waals surface area contributed by atoms with Crippen molar-refractivity contribution in [1.29, 1.82) is 0 Å². The smallest absolute Gasteiger partial charge is 0.241 e. The van der Waals surface area contributed by atoms with Gasteiger partial charge < -0.3 is 25.0 Å². The van der Waals surface area contributed by atoms with E-state index in [9.17, 15) is 9.59 Å². The van der Waals surface area contributed by atoms with E-state index in [1.165, 1.54) is 18.4 Å². The highest BCUT2D eigenvalue weighted by Crippen LogP contribution is 2.37. The molecule has 0 bridgehead atoms. The van der Waals surface area contributed by atoms with Gasteiger partial charge in [0.25, 0.3) is 0 Å². The first-order valence-electron chi connectivity index (χ1n) is 13.4. The summed E-state index contributed by atoms with van der Waals surface area (Å²) in [4.78, 5) is 31.2. The van der Waals surface area contributed by atoms with Crippen LogP contribution in [-0.4, -0.2) is 56.6 Å². The Hall–Kier alpha value is -3.62. The first kappa shape index (κ1) is 29.4. The Balaban J connectivity index is 1.53. The molecule has 2 N–H and O–H groups in total. The van der Waals surface area contributed by atoms with E-state index in [1.54, 1.807) is 26.1 Å². The number of ether oxygens (including phenoxy) is 2. The maximum atomic E-state index is 12.4. The van der Waals surface area contributed by atoms with Gasteiger partial charge in [0.2, 0.25) is 5.91 Å². The van der Waals surface area contributed by atoms with Gasteiger partial charge in [-0.1, -0.05) is 19.1 Å². The second kappa shape index (κ2) is 13.2. The third-order valence-electron chi connectivity index (χ3n) is 7.37. The number of carbonyl (C=O) groups excluding carboxylic acids is 2. The first-order chi connectivity index (χ1) is 19.3. The fourth-order valence-electron chi connectivity index (χ4n) is 4.96. The highest BCUT2D eigenvalue weighted by Gasteiger charge is 2.29. The van der Waals surface area contributed by atoms with Gasteiger partial charge in [-0.05, 0) is 73.7 Å². The van der Waals surface area contributed by atoms with Gasteiger partial charge >= 0.3 is 0 Å². The number of aldehydes is 1. The zero-order valence-electron chi connectivity index (χ0n) is 23.7. The second-order valence-electron chi connectivity index (χ2n) is 10.3. The minimum atomic E-state index is -0.343. The van der Waals surface area contributed by atoms with E-state index < -0.39 is 0 Å². The summed E-state index contributed by atoms with van der Waals surface area (Å²) in [5.41, 5.74) is 5.95. The number of nitrogens with zero attached hydrogens (tertiary/aromatic N) is 2. The molecule has 1 amide bonds. The van der Waals surface area contributed by atoms with E-state index in [4.69, 9.17) is 26.1 Å². The number of rotatable bonds is 11. The standard InChI is InChI=1S/C31H37ClN4O4/c1-19-6-7-28-23(8-19)12-26(36(28)4)16-34-27-14-30(29(39-5)13-24(27)17-37)40-18-22-9-21(15-32)10-25(11-22)35-31(38)20(2)33-3/h6-7,9-11,13-14,16-17,19-20,26,33H,8,12,15,18H2,1-5H3,(H,35,38)/b34-16-. The largest absolute Gasteiger partial charge is 0.493 e. The number of anilines is 1. The summed E-state index contributed by atoms with van der Waals surface area (Å²) in [6.07, 6.45) is 9.10. The molecular formula is C31H37ClN4O4. The van der Waals surface area contributed by atoms with E-state index in [0.717, 1.165) is 30.3 Å². The molecule has 212 valence electrons. The van der Waals surface area contributed by atoms with Crippen molar-refractivity contribution in [3.63, 3.8) is 0 Å². The van der Waals surface area contributed by atoms with Crippen LogP contribution in [0.4, 0.5) is 11.4 Å². The lowest BCUT2D eigenvalue weighted by molar-refractivity contribution is -0.117. The highest BCUT2D eigenvalue weighted by atomic mass is 35.5. The lowest BCUT2D eigenvalue weighted by Crippen LogP contribution is -2.35. The monoisotopic (exact) mass is 564 g/mol. The van der Waals surface area contributed by atoms with Crippen LogP contribution in [-0.2, 0) is 17.3 Å². The third kappa shape index (κ3) is 6.74. The van der Waals surface area contributed by atoms with E-state index >= 15 is 0 Å². The molecule has 0 fully saturated rings. The predicted octanol–water partition coefficient (Wildman–Crippen LogP) is 5.63. The number of benzene rings is 2. The fraction of sp³-hybridized carbons (Fsp3) is 0.387. The minimum Gasteiger partial charge on any atom is -0.493 e. The summed E-state index contributed by atoms with van der Waals surface area (Å²) in [7, 11) is 5.34. The molecule has 2 aromatic rings. The highest BCUT2D eigenvalue weighted by molar-refractivity contribution is 6.17. The topological polar surface area (TPSA) is 92.3 Å². The van der Waals surface area contributed by atoms with E-state index in [2.05, 4.69) is 41.7 Å². The van der Waals surface area contributed by atoms with Crippen LogP contribution >= 0.6 is 11.6 Å². The molecule has 1 aliphatic heterocycles. The lowest BCUT2D eigenvalue weighted by atomic mass is 9.93. The number of carbonyl (C=O) groups is 2. The number of halogens is 1. The molecule has 3 unspecified atom stereocenters. The quantitative estimate of drug-likeness (QED) is 0.209. The van der Waals surface area contributed by atoms with Crippen LogP contribution in [0.15, 0.2) is 58.7 Å². The van der Waals surface area contributed by atoms with E-state index in [-0.39, 0.29) is 30.5 Å². The SMILES string of the molecule is CNC(C)C(=O)Nc1cc(CCl)cc(COc2cc(/N=C\C3CC4=C(C=CC(C)C4)N3C)c(C=O)cc2OC)c1. The molecule has 2 aliphatic rings.